The molecule has 1 N–H and O–H groups in total. The van der Waals surface area contributed by atoms with E-state index in [1.807, 2.05) is 26.0 Å². The molecule has 3 nitrogen and oxygen atoms in total. The second-order valence-corrected chi connectivity index (χ2v) is 3.08. The summed E-state index contributed by atoms with van der Waals surface area (Å²) in [4.78, 5) is 4.17. The maximum atomic E-state index is 9.78. The van der Waals surface area contributed by atoms with Gasteiger partial charge in [-0.25, -0.2) is 0 Å². The molecule has 0 radical (unpaired) electrons. The Bertz CT molecular complexity index is 276. The van der Waals surface area contributed by atoms with Crippen LogP contribution in [0.3, 0.4) is 0 Å². The van der Waals surface area contributed by atoms with E-state index in [9.17, 15) is 5.11 Å². The molecule has 0 aliphatic rings. The van der Waals surface area contributed by atoms with Crippen molar-refractivity contribution < 1.29 is 9.84 Å². The number of aryl methyl sites for hydroxylation is 1. The minimum Gasteiger partial charge on any atom is -0.384 e. The van der Waals surface area contributed by atoms with Crippen molar-refractivity contribution in [2.45, 2.75) is 26.4 Å². The van der Waals surface area contributed by atoms with E-state index in [0.29, 0.717) is 13.2 Å². The van der Waals surface area contributed by atoms with Gasteiger partial charge in [0, 0.05) is 12.8 Å². The first kappa shape index (κ1) is 11.1. The molecule has 1 atom stereocenters. The van der Waals surface area contributed by atoms with Crippen LogP contribution in [0.1, 0.15) is 31.2 Å². The number of aliphatic hydroxyl groups excluding tert-OH is 1. The number of aromatic nitrogens is 1. The van der Waals surface area contributed by atoms with E-state index < -0.39 is 6.10 Å². The van der Waals surface area contributed by atoms with E-state index in [2.05, 4.69) is 4.98 Å². The van der Waals surface area contributed by atoms with E-state index in [4.69, 9.17) is 4.74 Å². The molecule has 0 aliphatic carbocycles. The maximum Gasteiger partial charge on any atom is 0.119 e. The summed E-state index contributed by atoms with van der Waals surface area (Å²) in [5, 5.41) is 9.78. The summed E-state index contributed by atoms with van der Waals surface area (Å²) in [6, 6.07) is 3.87. The van der Waals surface area contributed by atoms with Crippen molar-refractivity contribution in [2.75, 3.05) is 13.2 Å². The highest BCUT2D eigenvalue weighted by molar-refractivity contribution is 5.21. The molecule has 0 saturated carbocycles. The fraction of sp³-hybridized carbons (Fsp3) is 0.545. The van der Waals surface area contributed by atoms with Gasteiger partial charge in [-0.15, -0.1) is 0 Å². The van der Waals surface area contributed by atoms with Crippen molar-refractivity contribution in [3.8, 4) is 0 Å². The highest BCUT2D eigenvalue weighted by Gasteiger charge is 2.12. The molecule has 0 aliphatic heterocycles. The van der Waals surface area contributed by atoms with Crippen molar-refractivity contribution in [1.82, 2.24) is 4.98 Å². The Hall–Kier alpha value is -0.930. The summed E-state index contributed by atoms with van der Waals surface area (Å²) >= 11 is 0. The zero-order valence-corrected chi connectivity index (χ0v) is 8.73. The number of pyridine rings is 1. The largest absolute Gasteiger partial charge is 0.384 e. The Morgan fingerprint density at radius 3 is 2.93 bits per heavy atom. The Balaban J connectivity index is 2.72. The third-order valence-electron chi connectivity index (χ3n) is 2.10. The molecule has 1 unspecified atom stereocenters. The van der Waals surface area contributed by atoms with Gasteiger partial charge < -0.3 is 9.84 Å². The number of rotatable bonds is 5. The van der Waals surface area contributed by atoms with Crippen molar-refractivity contribution in [3.05, 3.63) is 29.6 Å². The summed E-state index contributed by atoms with van der Waals surface area (Å²) in [6.07, 6.45) is 1.97. The summed E-state index contributed by atoms with van der Waals surface area (Å²) in [6.45, 7) is 4.89. The zero-order chi connectivity index (χ0) is 10.4. The van der Waals surface area contributed by atoms with Crippen LogP contribution >= 0.6 is 0 Å². The second-order valence-electron chi connectivity index (χ2n) is 3.08. The maximum absolute atomic E-state index is 9.78. The van der Waals surface area contributed by atoms with Crippen LogP contribution in [-0.4, -0.2) is 23.3 Å². The van der Waals surface area contributed by atoms with Crippen LogP contribution < -0.4 is 0 Å². The predicted molar refractivity (Wildman–Crippen MR) is 55.1 cm³/mol. The van der Waals surface area contributed by atoms with Gasteiger partial charge >= 0.3 is 0 Å². The molecule has 0 aromatic carbocycles. The van der Waals surface area contributed by atoms with Gasteiger partial charge in [-0.3, -0.25) is 4.98 Å². The fourth-order valence-electron chi connectivity index (χ4n) is 1.36. The number of nitrogens with zero attached hydrogens (tertiary/aromatic N) is 1. The van der Waals surface area contributed by atoms with Crippen molar-refractivity contribution in [3.63, 3.8) is 0 Å². The van der Waals surface area contributed by atoms with Crippen LogP contribution in [0.2, 0.25) is 0 Å². The minimum absolute atomic E-state index is 0.320. The first-order valence-electron chi connectivity index (χ1n) is 4.99. The summed E-state index contributed by atoms with van der Waals surface area (Å²) < 4.78 is 5.16. The third-order valence-corrected chi connectivity index (χ3v) is 2.10. The zero-order valence-electron chi connectivity index (χ0n) is 8.73. The molecule has 1 aromatic rings. The highest BCUT2D eigenvalue weighted by atomic mass is 16.5. The van der Waals surface area contributed by atoms with E-state index in [1.54, 1.807) is 6.20 Å². The Kier molecular flexibility index (Phi) is 4.56. The predicted octanol–water partition coefficient (Wildman–Crippen LogP) is 1.71. The minimum atomic E-state index is -0.605. The van der Waals surface area contributed by atoms with Crippen LogP contribution in [0, 0.1) is 0 Å². The molecule has 1 heterocycles. The standard InChI is InChI=1S/C11H17NO2/c1-3-9-6-5-7-12-11(9)10(13)8-14-4-2/h5-7,10,13H,3-4,8H2,1-2H3. The van der Waals surface area contributed by atoms with Crippen molar-refractivity contribution in [2.24, 2.45) is 0 Å². The first-order chi connectivity index (χ1) is 6.79. The van der Waals surface area contributed by atoms with Gasteiger partial charge in [-0.2, -0.15) is 0 Å². The molecular formula is C11H17NO2. The highest BCUT2D eigenvalue weighted by Crippen LogP contribution is 2.15. The van der Waals surface area contributed by atoms with Crippen LogP contribution in [0.15, 0.2) is 18.3 Å². The number of aliphatic hydroxyl groups is 1. The van der Waals surface area contributed by atoms with Gasteiger partial charge in [0.2, 0.25) is 0 Å². The van der Waals surface area contributed by atoms with Crippen LogP contribution in [-0.2, 0) is 11.2 Å². The molecule has 0 amide bonds. The average Bonchev–Trinajstić information content (AvgIpc) is 2.25. The molecule has 1 aromatic heterocycles. The van der Waals surface area contributed by atoms with Crippen molar-refractivity contribution in [1.29, 1.82) is 0 Å². The Labute approximate surface area is 84.7 Å². The summed E-state index contributed by atoms with van der Waals surface area (Å²) in [5.74, 6) is 0. The van der Waals surface area contributed by atoms with Gasteiger partial charge in [0.25, 0.3) is 0 Å². The number of hydrogen-bond donors (Lipinski definition) is 1. The lowest BCUT2D eigenvalue weighted by Gasteiger charge is -2.12. The molecule has 0 bridgehead atoms. The Morgan fingerprint density at radius 2 is 2.29 bits per heavy atom. The summed E-state index contributed by atoms with van der Waals surface area (Å²) in [5.41, 5.74) is 1.82. The van der Waals surface area contributed by atoms with Crippen LogP contribution in [0.5, 0.6) is 0 Å². The lowest BCUT2D eigenvalue weighted by Crippen LogP contribution is -2.11. The second kappa shape index (κ2) is 5.73. The molecular weight excluding hydrogens is 178 g/mol. The van der Waals surface area contributed by atoms with Crippen LogP contribution in [0.4, 0.5) is 0 Å². The van der Waals surface area contributed by atoms with E-state index >= 15 is 0 Å². The SMILES string of the molecule is CCOCC(O)c1ncccc1CC. The van der Waals surface area contributed by atoms with Gasteiger partial charge in [0.15, 0.2) is 0 Å². The van der Waals surface area contributed by atoms with Gasteiger partial charge in [-0.05, 0) is 25.0 Å². The van der Waals surface area contributed by atoms with Gasteiger partial charge in [-0.1, -0.05) is 13.0 Å². The summed E-state index contributed by atoms with van der Waals surface area (Å²) in [7, 11) is 0. The fourth-order valence-corrected chi connectivity index (χ4v) is 1.36. The quantitative estimate of drug-likeness (QED) is 0.777. The number of hydrogen-bond acceptors (Lipinski definition) is 3. The molecule has 0 fully saturated rings. The van der Waals surface area contributed by atoms with E-state index in [0.717, 1.165) is 17.7 Å². The van der Waals surface area contributed by atoms with Gasteiger partial charge in [0.05, 0.1) is 12.3 Å². The monoisotopic (exact) mass is 195 g/mol. The first-order valence-corrected chi connectivity index (χ1v) is 4.99. The molecule has 0 saturated heterocycles. The molecule has 1 rings (SSSR count). The normalized spacial score (nSPS) is 12.8. The van der Waals surface area contributed by atoms with E-state index in [-0.39, 0.29) is 0 Å². The molecule has 3 heteroatoms. The van der Waals surface area contributed by atoms with Crippen LogP contribution in [0.25, 0.3) is 0 Å². The topological polar surface area (TPSA) is 42.4 Å². The average molecular weight is 195 g/mol. The van der Waals surface area contributed by atoms with Crippen molar-refractivity contribution >= 4 is 0 Å². The lowest BCUT2D eigenvalue weighted by molar-refractivity contribution is 0.0393. The smallest absolute Gasteiger partial charge is 0.119 e. The Morgan fingerprint density at radius 1 is 1.50 bits per heavy atom. The van der Waals surface area contributed by atoms with E-state index in [1.165, 1.54) is 0 Å². The number of ether oxygens (including phenoxy) is 1. The third kappa shape index (κ3) is 2.79. The lowest BCUT2D eigenvalue weighted by atomic mass is 10.1. The molecule has 78 valence electrons. The molecule has 14 heavy (non-hydrogen) atoms. The molecule has 0 spiro atoms. The van der Waals surface area contributed by atoms with Gasteiger partial charge in [0.1, 0.15) is 6.10 Å².